The van der Waals surface area contributed by atoms with Crippen LogP contribution in [0.25, 0.3) is 0 Å². The number of hydrogen-bond donors (Lipinski definition) is 0. The molecule has 0 aliphatic rings. The van der Waals surface area contributed by atoms with E-state index in [0.717, 1.165) is 11.6 Å². The third-order valence-electron chi connectivity index (χ3n) is 2.67. The molecule has 0 aliphatic heterocycles. The maximum atomic E-state index is 12.9. The minimum absolute atomic E-state index is 0.0505. The fourth-order valence-corrected chi connectivity index (χ4v) is 3.34. The molecule has 0 amide bonds. The van der Waals surface area contributed by atoms with E-state index >= 15 is 0 Å². The Balaban J connectivity index is 2.47. The number of rotatable bonds is 2. The first-order chi connectivity index (χ1) is 8.80. The van der Waals surface area contributed by atoms with E-state index in [1.807, 2.05) is 0 Å². The standard InChI is InChI=1S/C13H9Cl2F3S/c1-7-6-10(19-12(7)15)11(14)8-4-2-3-5-9(8)13(16,17)18/h2-6,11H,1H3. The maximum Gasteiger partial charge on any atom is 0.416 e. The highest BCUT2D eigenvalue weighted by Gasteiger charge is 2.35. The molecule has 0 saturated heterocycles. The van der Waals surface area contributed by atoms with Crippen molar-refractivity contribution in [2.45, 2.75) is 18.5 Å². The van der Waals surface area contributed by atoms with Crippen LogP contribution in [0.4, 0.5) is 13.2 Å². The van der Waals surface area contributed by atoms with Gasteiger partial charge in [-0.3, -0.25) is 0 Å². The van der Waals surface area contributed by atoms with Gasteiger partial charge in [-0.2, -0.15) is 13.2 Å². The van der Waals surface area contributed by atoms with Crippen molar-refractivity contribution in [1.29, 1.82) is 0 Å². The average molecular weight is 325 g/mol. The van der Waals surface area contributed by atoms with Gasteiger partial charge in [-0.25, -0.2) is 0 Å². The zero-order valence-corrected chi connectivity index (χ0v) is 12.1. The van der Waals surface area contributed by atoms with Crippen LogP contribution in [-0.2, 0) is 6.18 Å². The highest BCUT2D eigenvalue weighted by Crippen LogP contribution is 2.42. The Morgan fingerprint density at radius 3 is 2.37 bits per heavy atom. The smallest absolute Gasteiger partial charge is 0.166 e. The lowest BCUT2D eigenvalue weighted by Gasteiger charge is -2.15. The molecule has 0 nitrogen and oxygen atoms in total. The van der Waals surface area contributed by atoms with Crippen LogP contribution in [0.5, 0.6) is 0 Å². The van der Waals surface area contributed by atoms with E-state index in [1.165, 1.54) is 23.5 Å². The minimum atomic E-state index is -4.42. The van der Waals surface area contributed by atoms with Gasteiger partial charge < -0.3 is 0 Å². The van der Waals surface area contributed by atoms with E-state index in [9.17, 15) is 13.2 Å². The normalized spacial score (nSPS) is 13.6. The van der Waals surface area contributed by atoms with Crippen LogP contribution < -0.4 is 0 Å². The maximum absolute atomic E-state index is 12.9. The molecule has 1 atom stereocenters. The molecule has 6 heteroatoms. The number of hydrogen-bond acceptors (Lipinski definition) is 1. The van der Waals surface area contributed by atoms with Gasteiger partial charge in [0.25, 0.3) is 0 Å². The molecule has 1 aromatic carbocycles. The van der Waals surface area contributed by atoms with Gasteiger partial charge in [0.15, 0.2) is 0 Å². The SMILES string of the molecule is Cc1cc(C(Cl)c2ccccc2C(F)(F)F)sc1Cl. The van der Waals surface area contributed by atoms with Crippen molar-refractivity contribution in [3.05, 3.63) is 56.2 Å². The largest absolute Gasteiger partial charge is 0.416 e. The van der Waals surface area contributed by atoms with E-state index in [4.69, 9.17) is 23.2 Å². The Kier molecular flexibility index (Phi) is 4.14. The van der Waals surface area contributed by atoms with E-state index in [1.54, 1.807) is 19.1 Å². The molecular formula is C13H9Cl2F3S. The summed E-state index contributed by atoms with van der Waals surface area (Å²) in [5, 5.41) is -0.853. The summed E-state index contributed by atoms with van der Waals surface area (Å²) in [6.07, 6.45) is -4.42. The number of aryl methyl sites for hydroxylation is 1. The molecule has 0 radical (unpaired) electrons. The Labute approximate surface area is 122 Å². The molecule has 1 unspecified atom stereocenters. The zero-order chi connectivity index (χ0) is 14.2. The number of alkyl halides is 4. The van der Waals surface area contributed by atoms with Gasteiger partial charge in [0.2, 0.25) is 0 Å². The highest BCUT2D eigenvalue weighted by molar-refractivity contribution is 7.16. The molecule has 2 aromatic rings. The van der Waals surface area contributed by atoms with Crippen molar-refractivity contribution in [2.75, 3.05) is 0 Å². The average Bonchev–Trinajstić information content (AvgIpc) is 2.68. The molecule has 19 heavy (non-hydrogen) atoms. The Morgan fingerprint density at radius 1 is 1.21 bits per heavy atom. The molecule has 0 N–H and O–H groups in total. The van der Waals surface area contributed by atoms with Crippen LogP contribution >= 0.6 is 34.5 Å². The first-order valence-corrected chi connectivity index (χ1v) is 7.00. The second kappa shape index (κ2) is 5.35. The molecule has 102 valence electrons. The molecule has 0 saturated carbocycles. The quantitative estimate of drug-likeness (QED) is 0.589. The van der Waals surface area contributed by atoms with E-state index in [0.29, 0.717) is 9.21 Å². The fourth-order valence-electron chi connectivity index (χ4n) is 1.74. The van der Waals surface area contributed by atoms with Gasteiger partial charge in [0, 0.05) is 4.88 Å². The summed E-state index contributed by atoms with van der Waals surface area (Å²) in [4.78, 5) is 0.612. The van der Waals surface area contributed by atoms with Gasteiger partial charge in [-0.05, 0) is 30.2 Å². The third kappa shape index (κ3) is 3.07. The molecular weight excluding hydrogens is 316 g/mol. The van der Waals surface area contributed by atoms with Crippen LogP contribution in [0.15, 0.2) is 30.3 Å². The summed E-state index contributed by atoms with van der Waals surface area (Å²) in [7, 11) is 0. The lowest BCUT2D eigenvalue weighted by atomic mass is 10.0. The van der Waals surface area contributed by atoms with E-state index in [-0.39, 0.29) is 5.56 Å². The molecule has 0 fully saturated rings. The molecule has 2 rings (SSSR count). The van der Waals surface area contributed by atoms with Crippen molar-refractivity contribution in [3.8, 4) is 0 Å². The summed E-state index contributed by atoms with van der Waals surface area (Å²) in [6.45, 7) is 1.79. The molecule has 0 aliphatic carbocycles. The van der Waals surface area contributed by atoms with Crippen LogP contribution in [0.3, 0.4) is 0 Å². The van der Waals surface area contributed by atoms with Crippen molar-refractivity contribution >= 4 is 34.5 Å². The van der Waals surface area contributed by atoms with Crippen LogP contribution in [-0.4, -0.2) is 0 Å². The second-order valence-electron chi connectivity index (χ2n) is 4.05. The molecule has 1 heterocycles. The number of benzene rings is 1. The third-order valence-corrected chi connectivity index (χ3v) is 4.88. The van der Waals surface area contributed by atoms with Gasteiger partial charge in [-0.15, -0.1) is 22.9 Å². The molecule has 1 aromatic heterocycles. The Bertz CT molecular complexity index is 570. The van der Waals surface area contributed by atoms with Gasteiger partial charge in [0.1, 0.15) is 0 Å². The summed E-state index contributed by atoms with van der Waals surface area (Å²) < 4.78 is 39.3. The second-order valence-corrected chi connectivity index (χ2v) is 6.18. The summed E-state index contributed by atoms with van der Waals surface area (Å²) >= 11 is 13.3. The van der Waals surface area contributed by atoms with E-state index in [2.05, 4.69) is 0 Å². The van der Waals surface area contributed by atoms with Gasteiger partial charge >= 0.3 is 6.18 Å². The van der Waals surface area contributed by atoms with Gasteiger partial charge in [-0.1, -0.05) is 29.8 Å². The zero-order valence-electron chi connectivity index (χ0n) is 9.76. The van der Waals surface area contributed by atoms with Crippen molar-refractivity contribution in [3.63, 3.8) is 0 Å². The van der Waals surface area contributed by atoms with Gasteiger partial charge in [0.05, 0.1) is 15.3 Å². The van der Waals surface area contributed by atoms with Crippen molar-refractivity contribution < 1.29 is 13.2 Å². The van der Waals surface area contributed by atoms with Crippen LogP contribution in [0.1, 0.15) is 26.9 Å². The first kappa shape index (κ1) is 14.7. The number of thiophene rings is 1. The summed E-state index contributed by atoms with van der Waals surface area (Å²) in [5.74, 6) is 0. The monoisotopic (exact) mass is 324 g/mol. The summed E-state index contributed by atoms with van der Waals surface area (Å²) in [5.41, 5.74) is 0.156. The van der Waals surface area contributed by atoms with E-state index < -0.39 is 17.1 Å². The highest BCUT2D eigenvalue weighted by atomic mass is 35.5. The lowest BCUT2D eigenvalue weighted by molar-refractivity contribution is -0.138. The number of halogens is 5. The lowest BCUT2D eigenvalue weighted by Crippen LogP contribution is -2.10. The Morgan fingerprint density at radius 2 is 1.84 bits per heavy atom. The first-order valence-electron chi connectivity index (χ1n) is 5.36. The fraction of sp³-hybridized carbons (Fsp3) is 0.231. The van der Waals surface area contributed by atoms with Crippen LogP contribution in [0.2, 0.25) is 4.34 Å². The predicted octanol–water partition coefficient (Wildman–Crippen LogP) is 6.06. The summed E-state index contributed by atoms with van der Waals surface area (Å²) in [6, 6.07) is 7.04. The van der Waals surface area contributed by atoms with Crippen molar-refractivity contribution in [2.24, 2.45) is 0 Å². The molecule has 0 spiro atoms. The predicted molar refractivity (Wildman–Crippen MR) is 73.2 cm³/mol. The Hall–Kier alpha value is -0.710. The minimum Gasteiger partial charge on any atom is -0.166 e. The topological polar surface area (TPSA) is 0 Å². The molecule has 0 bridgehead atoms. The van der Waals surface area contributed by atoms with Crippen molar-refractivity contribution in [1.82, 2.24) is 0 Å². The van der Waals surface area contributed by atoms with Crippen LogP contribution in [0, 0.1) is 6.92 Å².